The van der Waals surface area contributed by atoms with Gasteiger partial charge < -0.3 is 11.2 Å². The summed E-state index contributed by atoms with van der Waals surface area (Å²) < 4.78 is 1.38. The minimum Gasteiger partial charge on any atom is -0.353 e. The zero-order valence-electron chi connectivity index (χ0n) is 15.1. The van der Waals surface area contributed by atoms with Crippen LogP contribution in [-0.4, -0.2) is 37.6 Å². The SMILES string of the molecule is C[C@H](CCc1ccccc1)NC(=O)CSc1nnc(-c2cccnc2)n1N. The quantitative estimate of drug-likeness (QED) is 0.458. The Morgan fingerprint density at radius 3 is 2.78 bits per heavy atom. The molecule has 3 N–H and O–H groups in total. The number of nitrogens with zero attached hydrogens (tertiary/aromatic N) is 4. The van der Waals surface area contributed by atoms with Gasteiger partial charge in [0.1, 0.15) is 0 Å². The Morgan fingerprint density at radius 2 is 2.04 bits per heavy atom. The predicted octanol–water partition coefficient (Wildman–Crippen LogP) is 2.28. The number of aryl methyl sites for hydroxylation is 1. The molecule has 0 bridgehead atoms. The number of aromatic nitrogens is 4. The summed E-state index contributed by atoms with van der Waals surface area (Å²) in [5.74, 6) is 6.75. The molecule has 0 spiro atoms. The maximum atomic E-state index is 12.2. The number of rotatable bonds is 8. The van der Waals surface area contributed by atoms with Gasteiger partial charge in [-0.3, -0.25) is 9.78 Å². The Hall–Kier alpha value is -2.87. The van der Waals surface area contributed by atoms with E-state index in [-0.39, 0.29) is 17.7 Å². The lowest BCUT2D eigenvalue weighted by atomic mass is 10.1. The van der Waals surface area contributed by atoms with Gasteiger partial charge in [-0.05, 0) is 37.5 Å². The molecule has 2 aromatic heterocycles. The number of carbonyl (C=O) groups excluding carboxylic acids is 1. The van der Waals surface area contributed by atoms with Crippen molar-refractivity contribution in [2.24, 2.45) is 0 Å². The van der Waals surface area contributed by atoms with Gasteiger partial charge in [0.25, 0.3) is 0 Å². The first-order valence-electron chi connectivity index (χ1n) is 8.70. The zero-order chi connectivity index (χ0) is 19.1. The van der Waals surface area contributed by atoms with Gasteiger partial charge in [-0.2, -0.15) is 0 Å². The lowest BCUT2D eigenvalue weighted by Crippen LogP contribution is -2.34. The molecule has 1 aromatic carbocycles. The molecule has 1 amide bonds. The molecule has 0 unspecified atom stereocenters. The second-order valence-electron chi connectivity index (χ2n) is 6.20. The molecule has 0 saturated heterocycles. The Morgan fingerprint density at radius 1 is 1.22 bits per heavy atom. The molecule has 1 atom stereocenters. The highest BCUT2D eigenvalue weighted by molar-refractivity contribution is 7.99. The third-order valence-corrected chi connectivity index (χ3v) is 4.98. The number of hydrogen-bond acceptors (Lipinski definition) is 6. The average Bonchev–Trinajstić information content (AvgIpc) is 3.07. The number of carbonyl (C=O) groups is 1. The minimum absolute atomic E-state index is 0.0495. The van der Waals surface area contributed by atoms with Crippen LogP contribution in [0.5, 0.6) is 0 Å². The summed E-state index contributed by atoms with van der Waals surface area (Å²) in [6.45, 7) is 2.01. The fourth-order valence-corrected chi connectivity index (χ4v) is 3.28. The van der Waals surface area contributed by atoms with E-state index in [0.29, 0.717) is 11.0 Å². The summed E-state index contributed by atoms with van der Waals surface area (Å²) in [7, 11) is 0. The van der Waals surface area contributed by atoms with Crippen LogP contribution in [0.3, 0.4) is 0 Å². The van der Waals surface area contributed by atoms with Gasteiger partial charge in [0.05, 0.1) is 5.75 Å². The van der Waals surface area contributed by atoms with Crippen molar-refractivity contribution in [2.45, 2.75) is 31.0 Å². The molecule has 2 heterocycles. The van der Waals surface area contributed by atoms with E-state index in [9.17, 15) is 4.79 Å². The second-order valence-corrected chi connectivity index (χ2v) is 7.14. The third kappa shape index (κ3) is 5.30. The van der Waals surface area contributed by atoms with Gasteiger partial charge in [-0.25, -0.2) is 4.68 Å². The van der Waals surface area contributed by atoms with Crippen LogP contribution in [0.25, 0.3) is 11.4 Å². The van der Waals surface area contributed by atoms with Crippen molar-refractivity contribution in [1.29, 1.82) is 0 Å². The monoisotopic (exact) mass is 382 g/mol. The van der Waals surface area contributed by atoms with Crippen LogP contribution < -0.4 is 11.2 Å². The topological polar surface area (TPSA) is 98.7 Å². The van der Waals surface area contributed by atoms with Crippen molar-refractivity contribution in [2.75, 3.05) is 11.6 Å². The minimum atomic E-state index is -0.0495. The molecule has 0 aliphatic heterocycles. The molecule has 27 heavy (non-hydrogen) atoms. The molecule has 0 aliphatic rings. The van der Waals surface area contributed by atoms with Crippen LogP contribution >= 0.6 is 11.8 Å². The lowest BCUT2D eigenvalue weighted by Gasteiger charge is -2.13. The van der Waals surface area contributed by atoms with Gasteiger partial charge in [-0.15, -0.1) is 10.2 Å². The first-order valence-corrected chi connectivity index (χ1v) is 9.69. The van der Waals surface area contributed by atoms with E-state index in [4.69, 9.17) is 5.84 Å². The fourth-order valence-electron chi connectivity index (χ4n) is 2.61. The Bertz CT molecular complexity index is 868. The van der Waals surface area contributed by atoms with E-state index in [0.717, 1.165) is 18.4 Å². The van der Waals surface area contributed by atoms with Crippen molar-refractivity contribution >= 4 is 17.7 Å². The summed E-state index contributed by atoms with van der Waals surface area (Å²) >= 11 is 1.26. The molecule has 8 heteroatoms. The van der Waals surface area contributed by atoms with Gasteiger partial charge in [0.15, 0.2) is 5.82 Å². The van der Waals surface area contributed by atoms with Crippen LogP contribution in [-0.2, 0) is 11.2 Å². The molecule has 140 valence electrons. The zero-order valence-corrected chi connectivity index (χ0v) is 15.9. The van der Waals surface area contributed by atoms with E-state index in [1.165, 1.54) is 22.0 Å². The molecule has 3 rings (SSSR count). The van der Waals surface area contributed by atoms with Crippen molar-refractivity contribution in [3.05, 3.63) is 60.4 Å². The van der Waals surface area contributed by atoms with Crippen molar-refractivity contribution in [3.63, 3.8) is 0 Å². The molecule has 7 nitrogen and oxygen atoms in total. The molecule has 3 aromatic rings. The van der Waals surface area contributed by atoms with Crippen LogP contribution in [0.4, 0.5) is 0 Å². The van der Waals surface area contributed by atoms with Crippen molar-refractivity contribution in [1.82, 2.24) is 25.2 Å². The fraction of sp³-hybridized carbons (Fsp3) is 0.263. The summed E-state index contributed by atoms with van der Waals surface area (Å²) in [6, 6.07) is 14.0. The number of nitrogens with one attached hydrogen (secondary N) is 1. The lowest BCUT2D eigenvalue weighted by molar-refractivity contribution is -0.119. The molecular weight excluding hydrogens is 360 g/mol. The van der Waals surface area contributed by atoms with Gasteiger partial charge in [0, 0.05) is 24.0 Å². The summed E-state index contributed by atoms with van der Waals surface area (Å²) in [5.41, 5.74) is 2.05. The van der Waals surface area contributed by atoms with Crippen molar-refractivity contribution in [3.8, 4) is 11.4 Å². The molecular formula is C19H22N6OS. The maximum Gasteiger partial charge on any atom is 0.230 e. The first kappa shape index (κ1) is 18.9. The summed E-state index contributed by atoms with van der Waals surface area (Å²) in [4.78, 5) is 16.2. The normalized spacial score (nSPS) is 11.9. The van der Waals surface area contributed by atoms with E-state index >= 15 is 0 Å². The van der Waals surface area contributed by atoms with Gasteiger partial charge >= 0.3 is 0 Å². The summed E-state index contributed by atoms with van der Waals surface area (Å²) in [6.07, 6.45) is 5.17. The number of nitrogen functional groups attached to an aromatic ring is 1. The van der Waals surface area contributed by atoms with Crippen LogP contribution in [0.1, 0.15) is 18.9 Å². The van der Waals surface area contributed by atoms with E-state index < -0.39 is 0 Å². The number of benzene rings is 1. The maximum absolute atomic E-state index is 12.2. The van der Waals surface area contributed by atoms with Gasteiger partial charge in [0.2, 0.25) is 11.1 Å². The van der Waals surface area contributed by atoms with Crippen LogP contribution in [0, 0.1) is 0 Å². The second kappa shape index (κ2) is 9.18. The highest BCUT2D eigenvalue weighted by atomic mass is 32.2. The number of pyridine rings is 1. The number of hydrogen-bond donors (Lipinski definition) is 2. The third-order valence-electron chi connectivity index (χ3n) is 4.03. The van der Waals surface area contributed by atoms with E-state index in [1.807, 2.05) is 31.2 Å². The van der Waals surface area contributed by atoms with E-state index in [2.05, 4.69) is 32.6 Å². The molecule has 0 fully saturated rings. The number of thioether (sulfide) groups is 1. The molecule has 0 radical (unpaired) electrons. The number of amides is 1. The van der Waals surface area contributed by atoms with E-state index in [1.54, 1.807) is 18.5 Å². The van der Waals surface area contributed by atoms with Gasteiger partial charge in [-0.1, -0.05) is 42.1 Å². The highest BCUT2D eigenvalue weighted by Crippen LogP contribution is 2.20. The Kier molecular flexibility index (Phi) is 6.43. The van der Waals surface area contributed by atoms with Crippen LogP contribution in [0.2, 0.25) is 0 Å². The molecule has 0 saturated carbocycles. The highest BCUT2D eigenvalue weighted by Gasteiger charge is 2.14. The average molecular weight is 382 g/mol. The standard InChI is InChI=1S/C19H22N6OS/c1-14(9-10-15-6-3-2-4-7-15)22-17(26)13-27-19-24-23-18(25(19)20)16-8-5-11-21-12-16/h2-8,11-12,14H,9-10,13,20H2,1H3,(H,22,26)/t14-/m1/s1. The Balaban J connectivity index is 1.47. The largest absolute Gasteiger partial charge is 0.353 e. The smallest absolute Gasteiger partial charge is 0.230 e. The number of nitrogens with two attached hydrogens (primary N) is 1. The summed E-state index contributed by atoms with van der Waals surface area (Å²) in [5, 5.41) is 11.6. The van der Waals surface area contributed by atoms with Crippen LogP contribution in [0.15, 0.2) is 60.0 Å². The van der Waals surface area contributed by atoms with Crippen molar-refractivity contribution < 1.29 is 4.79 Å². The Labute approximate surface area is 162 Å². The first-order chi connectivity index (χ1) is 13.1. The predicted molar refractivity (Wildman–Crippen MR) is 106 cm³/mol. The molecule has 0 aliphatic carbocycles.